The molecule has 1 aromatic rings. The van der Waals surface area contributed by atoms with Crippen LogP contribution in [-0.4, -0.2) is 56.9 Å². The molecule has 130 valence electrons. The fraction of sp³-hybridized carbons (Fsp3) is 0.667. The maximum Gasteiger partial charge on any atom is 0.142 e. The molecule has 0 aromatic heterocycles. The molecule has 1 aliphatic rings. The maximum atomic E-state index is 6.07. The molecule has 1 aliphatic heterocycles. The molecule has 0 saturated carbocycles. The van der Waals surface area contributed by atoms with Gasteiger partial charge >= 0.3 is 0 Å². The second-order valence-corrected chi connectivity index (χ2v) is 6.23. The number of morpholine rings is 1. The van der Waals surface area contributed by atoms with Gasteiger partial charge in [-0.3, -0.25) is 4.90 Å². The summed E-state index contributed by atoms with van der Waals surface area (Å²) in [5.41, 5.74) is 8.05. The zero-order valence-electron chi connectivity index (χ0n) is 14.5. The fourth-order valence-electron chi connectivity index (χ4n) is 2.79. The van der Waals surface area contributed by atoms with Crippen LogP contribution < -0.4 is 15.8 Å². The number of hydrogen-bond acceptors (Lipinski definition) is 5. The van der Waals surface area contributed by atoms with Crippen molar-refractivity contribution >= 4 is 5.69 Å². The van der Waals surface area contributed by atoms with Crippen LogP contribution in [0.2, 0.25) is 0 Å². The number of nitrogens with one attached hydrogen (secondary N) is 1. The van der Waals surface area contributed by atoms with Crippen molar-refractivity contribution in [2.24, 2.45) is 0 Å². The van der Waals surface area contributed by atoms with Gasteiger partial charge in [-0.15, -0.1) is 0 Å². The van der Waals surface area contributed by atoms with Crippen molar-refractivity contribution in [3.63, 3.8) is 0 Å². The Morgan fingerprint density at radius 3 is 2.83 bits per heavy atom. The third-order valence-electron chi connectivity index (χ3n) is 4.10. The minimum absolute atomic E-state index is 0.429. The molecular weight excluding hydrogens is 290 g/mol. The van der Waals surface area contributed by atoms with E-state index in [9.17, 15) is 0 Å². The molecule has 0 aliphatic carbocycles. The molecule has 0 bridgehead atoms. The normalized spacial score (nSPS) is 17.1. The van der Waals surface area contributed by atoms with E-state index in [0.29, 0.717) is 12.6 Å². The standard InChI is InChI=1S/C18H31N3O2/c1-3-10-23-18-5-4-16(14-17(18)19)13-15(2)20-6-7-21-8-11-22-12-9-21/h4-5,14-15,20H,3,6-13,19H2,1-2H3. The van der Waals surface area contributed by atoms with Crippen molar-refractivity contribution in [1.29, 1.82) is 0 Å². The molecule has 5 nitrogen and oxygen atoms in total. The fourth-order valence-corrected chi connectivity index (χ4v) is 2.79. The van der Waals surface area contributed by atoms with Gasteiger partial charge in [0.15, 0.2) is 0 Å². The smallest absolute Gasteiger partial charge is 0.142 e. The minimum Gasteiger partial charge on any atom is -0.491 e. The average molecular weight is 321 g/mol. The molecule has 1 unspecified atom stereocenters. The van der Waals surface area contributed by atoms with E-state index in [2.05, 4.69) is 30.1 Å². The molecule has 0 radical (unpaired) electrons. The third-order valence-corrected chi connectivity index (χ3v) is 4.10. The van der Waals surface area contributed by atoms with Gasteiger partial charge in [-0.1, -0.05) is 13.0 Å². The third kappa shape index (κ3) is 6.37. The summed E-state index contributed by atoms with van der Waals surface area (Å²) in [6.45, 7) is 10.9. The highest BCUT2D eigenvalue weighted by Crippen LogP contribution is 2.23. The summed E-state index contributed by atoms with van der Waals surface area (Å²) < 4.78 is 11.0. The van der Waals surface area contributed by atoms with Crippen LogP contribution in [0.25, 0.3) is 0 Å². The summed E-state index contributed by atoms with van der Waals surface area (Å²) in [5.74, 6) is 0.795. The Kier molecular flexibility index (Phi) is 7.65. The van der Waals surface area contributed by atoms with E-state index in [0.717, 1.165) is 63.7 Å². The molecule has 0 spiro atoms. The van der Waals surface area contributed by atoms with Crippen LogP contribution in [0, 0.1) is 0 Å². The van der Waals surface area contributed by atoms with Gasteiger partial charge in [-0.25, -0.2) is 0 Å². The molecule has 23 heavy (non-hydrogen) atoms. The highest BCUT2D eigenvalue weighted by atomic mass is 16.5. The average Bonchev–Trinajstić information content (AvgIpc) is 2.55. The second-order valence-electron chi connectivity index (χ2n) is 6.23. The number of hydrogen-bond donors (Lipinski definition) is 2. The molecule has 1 heterocycles. The minimum atomic E-state index is 0.429. The number of benzene rings is 1. The summed E-state index contributed by atoms with van der Waals surface area (Å²) in [6, 6.07) is 6.56. The lowest BCUT2D eigenvalue weighted by Gasteiger charge is -2.27. The van der Waals surface area contributed by atoms with Gasteiger partial charge in [0, 0.05) is 32.2 Å². The molecule has 2 rings (SSSR count). The van der Waals surface area contributed by atoms with Crippen LogP contribution in [0.3, 0.4) is 0 Å². The number of ether oxygens (including phenoxy) is 2. The molecule has 1 aromatic carbocycles. The van der Waals surface area contributed by atoms with Crippen LogP contribution in [-0.2, 0) is 11.2 Å². The van der Waals surface area contributed by atoms with E-state index in [1.165, 1.54) is 5.56 Å². The van der Waals surface area contributed by atoms with Crippen LogP contribution >= 0.6 is 0 Å². The number of rotatable bonds is 9. The highest BCUT2D eigenvalue weighted by Gasteiger charge is 2.11. The number of nitrogen functional groups attached to an aromatic ring is 1. The van der Waals surface area contributed by atoms with Gasteiger partial charge in [0.05, 0.1) is 25.5 Å². The van der Waals surface area contributed by atoms with E-state index < -0.39 is 0 Å². The van der Waals surface area contributed by atoms with Crippen molar-refractivity contribution < 1.29 is 9.47 Å². The van der Waals surface area contributed by atoms with Crippen LogP contribution in [0.1, 0.15) is 25.8 Å². The largest absolute Gasteiger partial charge is 0.491 e. The summed E-state index contributed by atoms with van der Waals surface area (Å²) in [6.07, 6.45) is 1.96. The first kappa shape index (κ1) is 18.0. The van der Waals surface area contributed by atoms with Crippen molar-refractivity contribution in [2.75, 3.05) is 51.7 Å². The maximum absolute atomic E-state index is 6.07. The summed E-state index contributed by atoms with van der Waals surface area (Å²) in [4.78, 5) is 2.45. The lowest BCUT2D eigenvalue weighted by Crippen LogP contribution is -2.42. The lowest BCUT2D eigenvalue weighted by atomic mass is 10.1. The number of nitrogens with zero attached hydrogens (tertiary/aromatic N) is 1. The zero-order chi connectivity index (χ0) is 16.5. The van der Waals surface area contributed by atoms with Gasteiger partial charge in [-0.2, -0.15) is 0 Å². The quantitative estimate of drug-likeness (QED) is 0.681. The van der Waals surface area contributed by atoms with Crippen molar-refractivity contribution in [3.05, 3.63) is 23.8 Å². The Balaban J connectivity index is 1.71. The Bertz CT molecular complexity index is 462. The molecule has 5 heteroatoms. The topological polar surface area (TPSA) is 59.8 Å². The first-order chi connectivity index (χ1) is 11.2. The van der Waals surface area contributed by atoms with Crippen LogP contribution in [0.5, 0.6) is 5.75 Å². The number of anilines is 1. The second kappa shape index (κ2) is 9.75. The van der Waals surface area contributed by atoms with E-state index in [1.54, 1.807) is 0 Å². The Morgan fingerprint density at radius 1 is 1.35 bits per heavy atom. The van der Waals surface area contributed by atoms with Gasteiger partial charge in [0.25, 0.3) is 0 Å². The lowest BCUT2D eigenvalue weighted by molar-refractivity contribution is 0.0382. The van der Waals surface area contributed by atoms with E-state index in [1.807, 2.05) is 12.1 Å². The summed E-state index contributed by atoms with van der Waals surface area (Å²) in [5, 5.41) is 3.59. The van der Waals surface area contributed by atoms with Crippen molar-refractivity contribution in [2.45, 2.75) is 32.7 Å². The predicted molar refractivity (Wildman–Crippen MR) is 95.1 cm³/mol. The summed E-state index contributed by atoms with van der Waals surface area (Å²) >= 11 is 0. The number of nitrogens with two attached hydrogens (primary N) is 1. The first-order valence-electron chi connectivity index (χ1n) is 8.73. The predicted octanol–water partition coefficient (Wildman–Crippen LogP) is 1.91. The Hall–Kier alpha value is -1.30. The molecule has 1 atom stereocenters. The highest BCUT2D eigenvalue weighted by molar-refractivity contribution is 5.54. The first-order valence-corrected chi connectivity index (χ1v) is 8.73. The monoisotopic (exact) mass is 321 g/mol. The Labute approximate surface area is 140 Å². The van der Waals surface area contributed by atoms with Gasteiger partial charge in [0.1, 0.15) is 5.75 Å². The van der Waals surface area contributed by atoms with Gasteiger partial charge in [0.2, 0.25) is 0 Å². The molecule has 0 amide bonds. The van der Waals surface area contributed by atoms with Crippen LogP contribution in [0.15, 0.2) is 18.2 Å². The Morgan fingerprint density at radius 2 is 2.13 bits per heavy atom. The van der Waals surface area contributed by atoms with E-state index in [4.69, 9.17) is 15.2 Å². The molecular formula is C18H31N3O2. The molecule has 1 fully saturated rings. The zero-order valence-corrected chi connectivity index (χ0v) is 14.5. The van der Waals surface area contributed by atoms with Crippen molar-refractivity contribution in [3.8, 4) is 5.75 Å². The van der Waals surface area contributed by atoms with Gasteiger partial charge < -0.3 is 20.5 Å². The summed E-state index contributed by atoms with van der Waals surface area (Å²) in [7, 11) is 0. The molecule has 1 saturated heterocycles. The van der Waals surface area contributed by atoms with Crippen LogP contribution in [0.4, 0.5) is 5.69 Å². The van der Waals surface area contributed by atoms with E-state index >= 15 is 0 Å². The van der Waals surface area contributed by atoms with Crippen molar-refractivity contribution in [1.82, 2.24) is 10.2 Å². The molecule has 3 N–H and O–H groups in total. The van der Waals surface area contributed by atoms with Gasteiger partial charge in [-0.05, 0) is 37.5 Å². The SMILES string of the molecule is CCCOc1ccc(CC(C)NCCN2CCOCC2)cc1N. The van der Waals surface area contributed by atoms with E-state index in [-0.39, 0.29) is 0 Å².